The lowest BCUT2D eigenvalue weighted by Crippen LogP contribution is -2.45. The summed E-state index contributed by atoms with van der Waals surface area (Å²) < 4.78 is 67.2. The zero-order chi connectivity index (χ0) is 21.0. The van der Waals surface area contributed by atoms with Gasteiger partial charge < -0.3 is 10.2 Å². The highest BCUT2D eigenvalue weighted by molar-refractivity contribution is 6.35. The number of rotatable bonds is 7. The van der Waals surface area contributed by atoms with Crippen molar-refractivity contribution < 1.29 is 36.3 Å². The molecule has 2 N–H and O–H groups in total. The van der Waals surface area contributed by atoms with Crippen LogP contribution in [-0.4, -0.2) is 29.9 Å². The molecule has 1 amide bonds. The number of hydrogen-bond donors (Lipinski definition) is 2. The number of amides is 1. The molecule has 0 heterocycles. The predicted octanol–water partition coefficient (Wildman–Crippen LogP) is 4.05. The summed E-state index contributed by atoms with van der Waals surface area (Å²) in [5, 5.41) is 0.471. The van der Waals surface area contributed by atoms with Crippen molar-refractivity contribution in [1.29, 1.82) is 0 Å². The lowest BCUT2D eigenvalue weighted by atomic mass is 10.2. The van der Waals surface area contributed by atoms with Gasteiger partial charge in [0.05, 0.1) is 5.02 Å². The molecular weight excluding hydrogens is 422 g/mol. The summed E-state index contributed by atoms with van der Waals surface area (Å²) in [6, 6.07) is 4.25. The molecule has 0 aromatic heterocycles. The third kappa shape index (κ3) is 6.24. The second kappa shape index (κ2) is 8.75. The standard InChI is InChI=1S/C15H13Cl2F5N2O3/c1-7(5-12(25)14(18,19)15(20,21)22)23-24-13(26)8(2)27-11-4-3-9(16)6-10(11)17/h3-6,8,23H,1-2H3,(H,24,26)/b7-5+/t8-/m1/s1. The molecule has 0 saturated carbocycles. The highest BCUT2D eigenvalue weighted by Gasteiger charge is 2.62. The molecule has 27 heavy (non-hydrogen) atoms. The van der Waals surface area contributed by atoms with Crippen molar-refractivity contribution in [2.45, 2.75) is 32.1 Å². The van der Waals surface area contributed by atoms with Crippen LogP contribution in [0, 0.1) is 0 Å². The quantitative estimate of drug-likeness (QED) is 0.386. The van der Waals surface area contributed by atoms with Crippen LogP contribution in [-0.2, 0) is 9.59 Å². The Labute approximate surface area is 160 Å². The van der Waals surface area contributed by atoms with E-state index < -0.39 is 35.6 Å². The summed E-state index contributed by atoms with van der Waals surface area (Å²) in [6.07, 6.45) is -7.13. The summed E-state index contributed by atoms with van der Waals surface area (Å²) in [5.74, 6) is -8.70. The van der Waals surface area contributed by atoms with Gasteiger partial charge in [0.15, 0.2) is 6.10 Å². The summed E-state index contributed by atoms with van der Waals surface area (Å²) in [4.78, 5) is 22.9. The number of benzene rings is 1. The normalized spacial score (nSPS) is 13.7. The van der Waals surface area contributed by atoms with Crippen LogP contribution in [0.5, 0.6) is 5.75 Å². The number of carbonyl (C=O) groups is 2. The van der Waals surface area contributed by atoms with Gasteiger partial charge in [-0.1, -0.05) is 23.2 Å². The molecule has 0 unspecified atom stereocenters. The Hall–Kier alpha value is -2.07. The molecule has 0 fully saturated rings. The van der Waals surface area contributed by atoms with Gasteiger partial charge in [0, 0.05) is 16.8 Å². The van der Waals surface area contributed by atoms with Crippen LogP contribution in [0.25, 0.3) is 0 Å². The van der Waals surface area contributed by atoms with Gasteiger partial charge in [0.25, 0.3) is 5.91 Å². The predicted molar refractivity (Wildman–Crippen MR) is 87.6 cm³/mol. The van der Waals surface area contributed by atoms with E-state index in [2.05, 4.69) is 0 Å². The maximum atomic E-state index is 12.8. The SMILES string of the molecule is C/C(=C\C(=O)C(F)(F)C(F)(F)F)NNC(=O)[C@@H](C)Oc1ccc(Cl)cc1Cl. The Morgan fingerprint density at radius 3 is 2.26 bits per heavy atom. The van der Waals surface area contributed by atoms with Gasteiger partial charge in [-0.2, -0.15) is 22.0 Å². The molecule has 0 bridgehead atoms. The van der Waals surface area contributed by atoms with E-state index in [4.69, 9.17) is 27.9 Å². The molecule has 1 aromatic carbocycles. The Bertz CT molecular complexity index is 753. The Balaban J connectivity index is 2.66. The van der Waals surface area contributed by atoms with Crippen molar-refractivity contribution in [1.82, 2.24) is 10.9 Å². The van der Waals surface area contributed by atoms with Crippen LogP contribution >= 0.6 is 23.2 Å². The molecule has 0 radical (unpaired) electrons. The minimum Gasteiger partial charge on any atom is -0.479 e. The summed E-state index contributed by atoms with van der Waals surface area (Å²) >= 11 is 11.6. The average Bonchev–Trinajstić information content (AvgIpc) is 2.53. The molecule has 1 atom stereocenters. The molecule has 0 saturated heterocycles. The topological polar surface area (TPSA) is 67.4 Å². The van der Waals surface area contributed by atoms with E-state index in [1.54, 1.807) is 0 Å². The van der Waals surface area contributed by atoms with Crippen molar-refractivity contribution >= 4 is 34.9 Å². The summed E-state index contributed by atoms with van der Waals surface area (Å²) in [7, 11) is 0. The second-order valence-electron chi connectivity index (χ2n) is 5.21. The fraction of sp³-hybridized carbons (Fsp3) is 0.333. The van der Waals surface area contributed by atoms with Gasteiger partial charge in [-0.05, 0) is 32.0 Å². The first-order chi connectivity index (χ1) is 12.3. The van der Waals surface area contributed by atoms with Crippen molar-refractivity contribution in [3.05, 3.63) is 40.0 Å². The van der Waals surface area contributed by atoms with E-state index in [-0.39, 0.29) is 16.8 Å². The van der Waals surface area contributed by atoms with Gasteiger partial charge in [-0.15, -0.1) is 0 Å². The van der Waals surface area contributed by atoms with Crippen LogP contribution in [0.1, 0.15) is 13.8 Å². The minimum atomic E-state index is -6.02. The van der Waals surface area contributed by atoms with Crippen LogP contribution in [0.3, 0.4) is 0 Å². The molecule has 0 aliphatic carbocycles. The number of nitrogens with one attached hydrogen (secondary N) is 2. The number of ether oxygens (including phenoxy) is 1. The van der Waals surface area contributed by atoms with Gasteiger partial charge in [-0.25, -0.2) is 0 Å². The van der Waals surface area contributed by atoms with Crippen LogP contribution in [0.4, 0.5) is 22.0 Å². The maximum Gasteiger partial charge on any atom is 0.461 e. The lowest BCUT2D eigenvalue weighted by molar-refractivity contribution is -0.266. The molecule has 1 rings (SSSR count). The smallest absolute Gasteiger partial charge is 0.461 e. The average molecular weight is 435 g/mol. The van der Waals surface area contributed by atoms with E-state index in [0.29, 0.717) is 5.02 Å². The van der Waals surface area contributed by atoms with Crippen LogP contribution < -0.4 is 15.6 Å². The largest absolute Gasteiger partial charge is 0.479 e. The second-order valence-corrected chi connectivity index (χ2v) is 6.06. The monoisotopic (exact) mass is 434 g/mol. The van der Waals surface area contributed by atoms with E-state index in [1.807, 2.05) is 10.9 Å². The molecule has 12 heteroatoms. The number of allylic oxidation sites excluding steroid dienone is 2. The van der Waals surface area contributed by atoms with Crippen molar-refractivity contribution in [2.75, 3.05) is 0 Å². The summed E-state index contributed by atoms with van der Waals surface area (Å²) in [5.41, 5.74) is 3.58. The van der Waals surface area contributed by atoms with Gasteiger partial charge in [0.1, 0.15) is 5.75 Å². The first-order valence-electron chi connectivity index (χ1n) is 7.10. The van der Waals surface area contributed by atoms with E-state index in [0.717, 1.165) is 6.92 Å². The van der Waals surface area contributed by atoms with Crippen LogP contribution in [0.2, 0.25) is 10.0 Å². The van der Waals surface area contributed by atoms with E-state index >= 15 is 0 Å². The minimum absolute atomic E-state index is 0.0232. The molecular formula is C15H13Cl2F5N2O3. The Morgan fingerprint density at radius 1 is 1.15 bits per heavy atom. The number of halogens is 7. The third-order valence-corrected chi connectivity index (χ3v) is 3.49. The van der Waals surface area contributed by atoms with Crippen molar-refractivity contribution in [3.63, 3.8) is 0 Å². The van der Waals surface area contributed by atoms with Crippen LogP contribution in [0.15, 0.2) is 30.0 Å². The van der Waals surface area contributed by atoms with Gasteiger partial charge in [0.2, 0.25) is 5.78 Å². The van der Waals surface area contributed by atoms with E-state index in [1.165, 1.54) is 25.1 Å². The number of alkyl halides is 5. The molecule has 0 aliphatic heterocycles. The van der Waals surface area contributed by atoms with Crippen molar-refractivity contribution in [3.8, 4) is 5.75 Å². The number of carbonyl (C=O) groups excluding carboxylic acids is 2. The first-order valence-corrected chi connectivity index (χ1v) is 7.86. The molecule has 150 valence electrons. The fourth-order valence-electron chi connectivity index (χ4n) is 1.54. The Kier molecular flexibility index (Phi) is 7.44. The highest BCUT2D eigenvalue weighted by atomic mass is 35.5. The number of hydrazine groups is 1. The van der Waals surface area contributed by atoms with Crippen molar-refractivity contribution in [2.24, 2.45) is 0 Å². The Morgan fingerprint density at radius 2 is 1.74 bits per heavy atom. The number of hydrogen-bond acceptors (Lipinski definition) is 4. The first kappa shape index (κ1) is 23.0. The van der Waals surface area contributed by atoms with E-state index in [9.17, 15) is 31.5 Å². The zero-order valence-electron chi connectivity index (χ0n) is 13.8. The lowest BCUT2D eigenvalue weighted by Gasteiger charge is -2.18. The van der Waals surface area contributed by atoms with Gasteiger partial charge in [-0.3, -0.25) is 15.0 Å². The molecule has 1 aromatic rings. The highest BCUT2D eigenvalue weighted by Crippen LogP contribution is 2.36. The molecule has 0 aliphatic rings. The molecule has 0 spiro atoms. The fourth-order valence-corrected chi connectivity index (χ4v) is 1.99. The summed E-state index contributed by atoms with van der Waals surface area (Å²) in [6.45, 7) is 2.33. The maximum absolute atomic E-state index is 12.8. The van der Waals surface area contributed by atoms with Gasteiger partial charge >= 0.3 is 12.1 Å². The number of ketones is 1. The third-order valence-electron chi connectivity index (χ3n) is 2.96. The molecule has 5 nitrogen and oxygen atoms in total. The zero-order valence-corrected chi connectivity index (χ0v) is 15.3.